The van der Waals surface area contributed by atoms with Crippen molar-refractivity contribution in [2.24, 2.45) is 0 Å². The summed E-state index contributed by atoms with van der Waals surface area (Å²) in [4.78, 5) is 11.1. The first-order chi connectivity index (χ1) is 10.4. The summed E-state index contributed by atoms with van der Waals surface area (Å²) in [6.45, 7) is 2.10. The molecule has 5 nitrogen and oxygen atoms in total. The number of piperidine rings is 1. The minimum atomic E-state index is 0.851. The molecule has 4 rings (SSSR count). The Bertz CT molecular complexity index is 744. The summed E-state index contributed by atoms with van der Waals surface area (Å²) in [6.07, 6.45) is 5.38. The van der Waals surface area contributed by atoms with Crippen LogP contribution in [-0.2, 0) is 0 Å². The van der Waals surface area contributed by atoms with Crippen molar-refractivity contribution in [3.05, 3.63) is 42.7 Å². The minimum Gasteiger partial charge on any atom is -0.341 e. The van der Waals surface area contributed by atoms with Gasteiger partial charge in [-0.05, 0) is 19.3 Å². The van der Waals surface area contributed by atoms with E-state index in [0.29, 0.717) is 0 Å². The van der Waals surface area contributed by atoms with E-state index in [-0.39, 0.29) is 0 Å². The first kappa shape index (κ1) is 12.3. The number of aromatic nitrogens is 4. The molecule has 0 aliphatic carbocycles. The number of nitrogens with zero attached hydrogens (tertiary/aromatic N) is 5. The van der Waals surface area contributed by atoms with Crippen LogP contribution in [0.5, 0.6) is 0 Å². The third-order valence-electron chi connectivity index (χ3n) is 3.95. The van der Waals surface area contributed by atoms with Crippen molar-refractivity contribution in [2.75, 3.05) is 18.0 Å². The van der Waals surface area contributed by atoms with Crippen LogP contribution < -0.4 is 4.90 Å². The van der Waals surface area contributed by atoms with Crippen molar-refractivity contribution in [2.45, 2.75) is 19.3 Å². The zero-order valence-corrected chi connectivity index (χ0v) is 11.8. The van der Waals surface area contributed by atoms with Crippen molar-refractivity contribution in [3.63, 3.8) is 0 Å². The molecule has 1 saturated heterocycles. The van der Waals surface area contributed by atoms with Crippen molar-refractivity contribution < 1.29 is 0 Å². The van der Waals surface area contributed by atoms with Gasteiger partial charge in [-0.1, -0.05) is 30.3 Å². The molecule has 0 spiro atoms. The first-order valence-corrected chi connectivity index (χ1v) is 7.43. The van der Waals surface area contributed by atoms with Gasteiger partial charge in [-0.3, -0.25) is 0 Å². The molecule has 0 bridgehead atoms. The summed E-state index contributed by atoms with van der Waals surface area (Å²) in [6, 6.07) is 12.2. The Hall–Kier alpha value is -2.43. The van der Waals surface area contributed by atoms with Crippen molar-refractivity contribution in [1.82, 2.24) is 19.6 Å². The van der Waals surface area contributed by atoms with Crippen molar-refractivity contribution >= 4 is 11.6 Å². The number of benzene rings is 1. The topological polar surface area (TPSA) is 46.3 Å². The monoisotopic (exact) mass is 279 g/mol. The molecule has 106 valence electrons. The molecule has 3 heterocycles. The Balaban J connectivity index is 1.80. The summed E-state index contributed by atoms with van der Waals surface area (Å²) < 4.78 is 1.87. The molecule has 5 heteroatoms. The molecular formula is C16H17N5. The third kappa shape index (κ3) is 2.24. The lowest BCUT2D eigenvalue weighted by Gasteiger charge is -2.27. The highest BCUT2D eigenvalue weighted by Gasteiger charge is 2.17. The van der Waals surface area contributed by atoms with Crippen molar-refractivity contribution in [1.29, 1.82) is 0 Å². The fourth-order valence-electron chi connectivity index (χ4n) is 2.86. The number of anilines is 1. The molecule has 0 amide bonds. The summed E-state index contributed by atoms with van der Waals surface area (Å²) in [5, 5.41) is 4.71. The van der Waals surface area contributed by atoms with E-state index >= 15 is 0 Å². The van der Waals surface area contributed by atoms with Gasteiger partial charge >= 0.3 is 0 Å². The van der Waals surface area contributed by atoms with E-state index in [1.165, 1.54) is 19.3 Å². The summed E-state index contributed by atoms with van der Waals surface area (Å²) >= 11 is 0. The number of fused-ring (bicyclic) bond motifs is 1. The Morgan fingerprint density at radius 2 is 1.71 bits per heavy atom. The Morgan fingerprint density at radius 1 is 0.905 bits per heavy atom. The average molecular weight is 279 g/mol. The highest BCUT2D eigenvalue weighted by Crippen LogP contribution is 2.22. The molecule has 0 atom stereocenters. The lowest BCUT2D eigenvalue weighted by molar-refractivity contribution is 0.561. The zero-order valence-electron chi connectivity index (χ0n) is 11.8. The first-order valence-electron chi connectivity index (χ1n) is 7.43. The smallest absolute Gasteiger partial charge is 0.230 e. The van der Waals surface area contributed by atoms with Crippen LogP contribution in [0.25, 0.3) is 16.9 Å². The highest BCUT2D eigenvalue weighted by atomic mass is 15.4. The van der Waals surface area contributed by atoms with Gasteiger partial charge in [0.25, 0.3) is 0 Å². The van der Waals surface area contributed by atoms with Crippen LogP contribution >= 0.6 is 0 Å². The lowest BCUT2D eigenvalue weighted by Crippen LogP contribution is -2.32. The number of rotatable bonds is 2. The van der Waals surface area contributed by atoms with Gasteiger partial charge in [0.2, 0.25) is 5.95 Å². The summed E-state index contributed by atoms with van der Waals surface area (Å²) in [7, 11) is 0. The summed E-state index contributed by atoms with van der Waals surface area (Å²) in [5.74, 6) is 0.905. The second-order valence-corrected chi connectivity index (χ2v) is 5.39. The van der Waals surface area contributed by atoms with Crippen LogP contribution in [0.15, 0.2) is 42.7 Å². The van der Waals surface area contributed by atoms with Gasteiger partial charge in [0.15, 0.2) is 5.65 Å². The molecular weight excluding hydrogens is 262 g/mol. The van der Waals surface area contributed by atoms with Gasteiger partial charge in [-0.25, -0.2) is 9.97 Å². The fourth-order valence-corrected chi connectivity index (χ4v) is 2.86. The Labute approximate surface area is 123 Å². The van der Waals surface area contributed by atoms with E-state index in [4.69, 9.17) is 5.10 Å². The fraction of sp³-hybridized carbons (Fsp3) is 0.312. The van der Waals surface area contributed by atoms with E-state index in [9.17, 15) is 0 Å². The van der Waals surface area contributed by atoms with Crippen LogP contribution in [0.1, 0.15) is 19.3 Å². The Morgan fingerprint density at radius 3 is 2.52 bits per heavy atom. The maximum absolute atomic E-state index is 4.71. The molecule has 1 aliphatic heterocycles. The molecule has 0 saturated carbocycles. The molecule has 1 aromatic carbocycles. The van der Waals surface area contributed by atoms with E-state index in [0.717, 1.165) is 35.9 Å². The quantitative estimate of drug-likeness (QED) is 0.723. The van der Waals surface area contributed by atoms with Gasteiger partial charge in [-0.2, -0.15) is 9.61 Å². The Kier molecular flexibility index (Phi) is 3.03. The SMILES string of the molecule is c1ccc(-c2cc3ncnc(N4CCCCC4)n3n2)cc1. The van der Waals surface area contributed by atoms with E-state index < -0.39 is 0 Å². The molecule has 0 unspecified atom stereocenters. The number of hydrogen-bond donors (Lipinski definition) is 0. The second kappa shape index (κ2) is 5.16. The molecule has 21 heavy (non-hydrogen) atoms. The van der Waals surface area contributed by atoms with Gasteiger partial charge in [0.05, 0.1) is 5.69 Å². The maximum atomic E-state index is 4.71. The van der Waals surface area contributed by atoms with Gasteiger partial charge in [0, 0.05) is 24.7 Å². The van der Waals surface area contributed by atoms with Crippen molar-refractivity contribution in [3.8, 4) is 11.3 Å². The van der Waals surface area contributed by atoms with Crippen LogP contribution in [0.2, 0.25) is 0 Å². The van der Waals surface area contributed by atoms with Gasteiger partial charge < -0.3 is 4.90 Å². The molecule has 0 N–H and O–H groups in total. The predicted octanol–water partition coefficient (Wildman–Crippen LogP) is 2.78. The normalized spacial score (nSPS) is 15.5. The zero-order chi connectivity index (χ0) is 14.1. The number of hydrogen-bond acceptors (Lipinski definition) is 4. The van der Waals surface area contributed by atoms with E-state index in [2.05, 4.69) is 27.0 Å². The minimum absolute atomic E-state index is 0.851. The molecule has 2 aromatic heterocycles. The third-order valence-corrected chi connectivity index (χ3v) is 3.95. The molecule has 1 fully saturated rings. The summed E-state index contributed by atoms with van der Waals surface area (Å²) in [5.41, 5.74) is 2.89. The second-order valence-electron chi connectivity index (χ2n) is 5.39. The van der Waals surface area contributed by atoms with E-state index in [1.54, 1.807) is 6.33 Å². The standard InChI is InChI=1S/C16H17N5/c1-3-7-13(8-4-1)14-11-15-17-12-18-16(21(15)19-14)20-9-5-2-6-10-20/h1,3-4,7-8,11-12H,2,5-6,9-10H2. The van der Waals surface area contributed by atoms with Crippen LogP contribution in [-0.4, -0.2) is 32.7 Å². The van der Waals surface area contributed by atoms with Gasteiger partial charge in [0.1, 0.15) is 6.33 Å². The molecule has 0 radical (unpaired) electrons. The van der Waals surface area contributed by atoms with Crippen LogP contribution in [0.4, 0.5) is 5.95 Å². The molecule has 3 aromatic rings. The highest BCUT2D eigenvalue weighted by molar-refractivity contribution is 5.64. The molecule has 1 aliphatic rings. The van der Waals surface area contributed by atoms with Crippen LogP contribution in [0.3, 0.4) is 0 Å². The predicted molar refractivity (Wildman–Crippen MR) is 82.3 cm³/mol. The van der Waals surface area contributed by atoms with Gasteiger partial charge in [-0.15, -0.1) is 0 Å². The maximum Gasteiger partial charge on any atom is 0.230 e. The lowest BCUT2D eigenvalue weighted by atomic mass is 10.1. The largest absolute Gasteiger partial charge is 0.341 e. The average Bonchev–Trinajstić information content (AvgIpc) is 3.00. The van der Waals surface area contributed by atoms with E-state index in [1.807, 2.05) is 28.8 Å². The van der Waals surface area contributed by atoms with Crippen LogP contribution in [0, 0.1) is 0 Å².